The van der Waals surface area contributed by atoms with Crippen LogP contribution in [0.15, 0.2) is 12.1 Å². The summed E-state index contributed by atoms with van der Waals surface area (Å²) in [6.45, 7) is 0. The van der Waals surface area contributed by atoms with Gasteiger partial charge in [-0.25, -0.2) is 0 Å². The molecule has 0 heterocycles. The van der Waals surface area contributed by atoms with E-state index in [2.05, 4.69) is 34.6 Å². The number of nitrogens with two attached hydrogens (primary N) is 1. The van der Waals surface area contributed by atoms with Gasteiger partial charge >= 0.3 is 0 Å². The van der Waals surface area contributed by atoms with Gasteiger partial charge in [0.1, 0.15) is 0 Å². The van der Waals surface area contributed by atoms with Gasteiger partial charge in [-0.2, -0.15) is 5.26 Å². The molecule has 0 aliphatic carbocycles. The zero-order valence-electron chi connectivity index (χ0n) is 6.84. The van der Waals surface area contributed by atoms with E-state index in [1.54, 1.807) is 12.1 Å². The summed E-state index contributed by atoms with van der Waals surface area (Å²) in [7, 11) is 0. The van der Waals surface area contributed by atoms with Crippen LogP contribution in [0.25, 0.3) is 0 Å². The average molecular weight is 282 g/mol. The van der Waals surface area contributed by atoms with E-state index in [1.807, 2.05) is 0 Å². The first-order valence-corrected chi connectivity index (χ1v) is 4.68. The van der Waals surface area contributed by atoms with Gasteiger partial charge in [0, 0.05) is 15.7 Å². The van der Waals surface area contributed by atoms with Crippen LogP contribution in [0.4, 0.5) is 5.69 Å². The lowest BCUT2D eigenvalue weighted by atomic mass is 10.1. The van der Waals surface area contributed by atoms with Crippen LogP contribution in [0.5, 0.6) is 0 Å². The number of nitrogens with zero attached hydrogens (tertiary/aromatic N) is 1. The lowest BCUT2D eigenvalue weighted by Gasteiger charge is -2.04. The molecule has 0 spiro atoms. The van der Waals surface area contributed by atoms with Gasteiger partial charge in [-0.1, -0.05) is 0 Å². The van der Waals surface area contributed by atoms with Crippen molar-refractivity contribution in [3.63, 3.8) is 0 Å². The van der Waals surface area contributed by atoms with E-state index < -0.39 is 0 Å². The molecule has 2 nitrogen and oxygen atoms in total. The van der Waals surface area contributed by atoms with Gasteiger partial charge in [-0.15, -0.1) is 12.3 Å². The molecule has 0 fully saturated rings. The summed E-state index contributed by atoms with van der Waals surface area (Å²) >= 11 is 2.09. The molecule has 0 saturated carbocycles. The summed E-state index contributed by atoms with van der Waals surface area (Å²) in [6.07, 6.45) is 5.65. The second-order valence-electron chi connectivity index (χ2n) is 2.52. The van der Waals surface area contributed by atoms with E-state index in [0.717, 1.165) is 9.13 Å². The minimum absolute atomic E-state index is 0.470. The van der Waals surface area contributed by atoms with E-state index in [4.69, 9.17) is 17.4 Å². The van der Waals surface area contributed by atoms with Crippen LogP contribution in [0.2, 0.25) is 0 Å². The lowest BCUT2D eigenvalue weighted by Crippen LogP contribution is -1.97. The number of nitriles is 1. The Bertz CT molecular complexity index is 410. The molecule has 0 unspecified atom stereocenters. The summed E-state index contributed by atoms with van der Waals surface area (Å²) in [5.41, 5.74) is 7.91. The first kappa shape index (κ1) is 9.88. The molecule has 2 N–H and O–H groups in total. The monoisotopic (exact) mass is 282 g/mol. The lowest BCUT2D eigenvalue weighted by molar-refractivity contribution is 1.30. The molecule has 1 aromatic rings. The number of hydrogen-bond donors (Lipinski definition) is 1. The largest absolute Gasteiger partial charge is 0.398 e. The molecule has 0 atom stereocenters. The molecule has 0 bridgehead atoms. The number of benzene rings is 1. The molecule has 0 radical (unpaired) electrons. The van der Waals surface area contributed by atoms with Crippen LogP contribution in [0, 0.1) is 27.2 Å². The van der Waals surface area contributed by atoms with Crippen LogP contribution in [-0.2, 0) is 6.42 Å². The molecular weight excluding hydrogens is 275 g/mol. The Morgan fingerprint density at radius 2 is 2.23 bits per heavy atom. The van der Waals surface area contributed by atoms with Crippen molar-refractivity contribution >= 4 is 28.3 Å². The molecule has 0 aromatic heterocycles. The summed E-state index contributed by atoms with van der Waals surface area (Å²) in [5, 5.41) is 8.70. The van der Waals surface area contributed by atoms with Crippen molar-refractivity contribution < 1.29 is 0 Å². The summed E-state index contributed by atoms with van der Waals surface area (Å²) < 4.78 is 0.877. The fourth-order valence-electron chi connectivity index (χ4n) is 0.996. The van der Waals surface area contributed by atoms with Gasteiger partial charge in [0.05, 0.1) is 11.6 Å². The van der Waals surface area contributed by atoms with Crippen molar-refractivity contribution in [2.45, 2.75) is 6.42 Å². The Kier molecular flexibility index (Phi) is 3.16. The van der Waals surface area contributed by atoms with Crippen LogP contribution >= 0.6 is 22.6 Å². The number of rotatable bonds is 1. The molecule has 1 rings (SSSR count). The standard InChI is InChI=1S/C10H7IN2/c1-2-3-8-4-7(6-12)5-9(11)10(8)13/h1,4-5H,3,13H2. The molecule has 3 heteroatoms. The maximum Gasteiger partial charge on any atom is 0.0992 e. The Balaban J connectivity index is 3.28. The van der Waals surface area contributed by atoms with Crippen molar-refractivity contribution in [3.8, 4) is 18.4 Å². The van der Waals surface area contributed by atoms with Crippen LogP contribution in [-0.4, -0.2) is 0 Å². The number of anilines is 1. The topological polar surface area (TPSA) is 49.8 Å². The summed E-state index contributed by atoms with van der Waals surface area (Å²) in [4.78, 5) is 0. The minimum atomic E-state index is 0.470. The van der Waals surface area contributed by atoms with E-state index in [1.165, 1.54) is 0 Å². The highest BCUT2D eigenvalue weighted by molar-refractivity contribution is 14.1. The SMILES string of the molecule is C#CCc1cc(C#N)cc(I)c1N. The number of hydrogen-bond acceptors (Lipinski definition) is 2. The highest BCUT2D eigenvalue weighted by Crippen LogP contribution is 2.21. The van der Waals surface area contributed by atoms with Gasteiger partial charge < -0.3 is 5.73 Å². The third-order valence-corrected chi connectivity index (χ3v) is 2.53. The summed E-state index contributed by atoms with van der Waals surface area (Å²) in [6, 6.07) is 5.54. The Morgan fingerprint density at radius 3 is 2.77 bits per heavy atom. The smallest absolute Gasteiger partial charge is 0.0992 e. The number of terminal acetylenes is 1. The van der Waals surface area contributed by atoms with Gasteiger partial charge in [-0.3, -0.25) is 0 Å². The quantitative estimate of drug-likeness (QED) is 0.486. The Hall–Kier alpha value is -1.20. The highest BCUT2D eigenvalue weighted by atomic mass is 127. The van der Waals surface area contributed by atoms with Crippen molar-refractivity contribution in [2.24, 2.45) is 0 Å². The van der Waals surface area contributed by atoms with E-state index in [0.29, 0.717) is 17.7 Å². The normalized spacial score (nSPS) is 8.85. The zero-order valence-corrected chi connectivity index (χ0v) is 9.00. The fraction of sp³-hybridized carbons (Fsp3) is 0.100. The zero-order chi connectivity index (χ0) is 9.84. The van der Waals surface area contributed by atoms with Crippen molar-refractivity contribution in [3.05, 3.63) is 26.8 Å². The molecular formula is C10H7IN2. The van der Waals surface area contributed by atoms with Crippen molar-refractivity contribution in [2.75, 3.05) is 5.73 Å². The highest BCUT2D eigenvalue weighted by Gasteiger charge is 2.04. The van der Waals surface area contributed by atoms with Gasteiger partial charge in [-0.05, 0) is 40.3 Å². The molecule has 0 amide bonds. The number of halogens is 1. The summed E-state index contributed by atoms with van der Waals surface area (Å²) in [5.74, 6) is 2.51. The van der Waals surface area contributed by atoms with Gasteiger partial charge in [0.2, 0.25) is 0 Å². The molecule has 0 saturated heterocycles. The maximum atomic E-state index is 8.70. The Morgan fingerprint density at radius 1 is 1.54 bits per heavy atom. The molecule has 0 aliphatic rings. The molecule has 0 aliphatic heterocycles. The predicted octanol–water partition coefficient (Wildman–Crippen LogP) is 1.92. The van der Waals surface area contributed by atoms with Crippen LogP contribution in [0.1, 0.15) is 11.1 Å². The van der Waals surface area contributed by atoms with Gasteiger partial charge in [0.25, 0.3) is 0 Å². The fourth-order valence-corrected chi connectivity index (χ4v) is 1.68. The molecule has 1 aromatic carbocycles. The maximum absolute atomic E-state index is 8.70. The Labute approximate surface area is 90.9 Å². The first-order valence-electron chi connectivity index (χ1n) is 3.60. The van der Waals surface area contributed by atoms with Crippen molar-refractivity contribution in [1.29, 1.82) is 5.26 Å². The van der Waals surface area contributed by atoms with E-state index >= 15 is 0 Å². The third kappa shape index (κ3) is 2.13. The van der Waals surface area contributed by atoms with E-state index in [-0.39, 0.29) is 0 Å². The molecule has 64 valence electrons. The molecule has 13 heavy (non-hydrogen) atoms. The second-order valence-corrected chi connectivity index (χ2v) is 3.69. The third-order valence-electron chi connectivity index (χ3n) is 1.64. The first-order chi connectivity index (χ1) is 6.19. The van der Waals surface area contributed by atoms with Crippen LogP contribution < -0.4 is 5.73 Å². The van der Waals surface area contributed by atoms with Crippen LogP contribution in [0.3, 0.4) is 0 Å². The van der Waals surface area contributed by atoms with E-state index in [9.17, 15) is 0 Å². The van der Waals surface area contributed by atoms with Crippen molar-refractivity contribution in [1.82, 2.24) is 0 Å². The minimum Gasteiger partial charge on any atom is -0.398 e. The average Bonchev–Trinajstić information content (AvgIpc) is 2.13. The second kappa shape index (κ2) is 4.15. The number of nitrogen functional groups attached to an aromatic ring is 1. The van der Waals surface area contributed by atoms with Gasteiger partial charge in [0.15, 0.2) is 0 Å². The predicted molar refractivity (Wildman–Crippen MR) is 60.8 cm³/mol.